The second-order valence-corrected chi connectivity index (χ2v) is 9.77. The topological polar surface area (TPSA) is 39.4 Å². The zero-order chi connectivity index (χ0) is 13.9. The third kappa shape index (κ3) is 3.79. The summed E-state index contributed by atoms with van der Waals surface area (Å²) < 4.78 is 7.95. The molecule has 0 atom stereocenters. The molecule has 0 aliphatic carbocycles. The van der Waals surface area contributed by atoms with Gasteiger partial charge < -0.3 is 8.99 Å². The molecule has 1 aromatic carbocycles. The van der Waals surface area contributed by atoms with Crippen LogP contribution in [-0.4, -0.2) is 24.1 Å². The molecule has 0 spiro atoms. The molecule has 19 heavy (non-hydrogen) atoms. The number of rotatable bonds is 4. The zero-order valence-corrected chi connectivity index (χ0v) is 12.8. The minimum Gasteiger partial charge on any atom is -0.543 e. The van der Waals surface area contributed by atoms with Gasteiger partial charge in [0.15, 0.2) is 5.82 Å². The Morgan fingerprint density at radius 1 is 1.26 bits per heavy atom. The van der Waals surface area contributed by atoms with Gasteiger partial charge in [0.05, 0.1) is 6.21 Å². The van der Waals surface area contributed by atoms with E-state index in [1.165, 1.54) is 0 Å². The minimum atomic E-state index is -1.63. The maximum absolute atomic E-state index is 6.03. The summed E-state index contributed by atoms with van der Waals surface area (Å²) in [6.45, 7) is 6.48. The van der Waals surface area contributed by atoms with E-state index < -0.39 is 8.32 Å². The minimum absolute atomic E-state index is 0.822. The van der Waals surface area contributed by atoms with Gasteiger partial charge in [0.25, 0.3) is 0 Å². The Balaban J connectivity index is 2.25. The van der Waals surface area contributed by atoms with E-state index in [1.807, 2.05) is 42.1 Å². The molecule has 0 fully saturated rings. The zero-order valence-electron chi connectivity index (χ0n) is 11.8. The predicted molar refractivity (Wildman–Crippen MR) is 80.9 cm³/mol. The maximum atomic E-state index is 6.03. The number of aliphatic imine (C=N–C) groups is 1. The first-order chi connectivity index (χ1) is 8.96. The Morgan fingerprint density at radius 2 is 2.00 bits per heavy atom. The molecule has 2 aromatic rings. The fourth-order valence-corrected chi connectivity index (χ4v) is 2.44. The van der Waals surface area contributed by atoms with Crippen molar-refractivity contribution in [1.29, 1.82) is 0 Å². The van der Waals surface area contributed by atoms with E-state index >= 15 is 0 Å². The van der Waals surface area contributed by atoms with Gasteiger partial charge in [-0.3, -0.25) is 0 Å². The number of nitrogens with zero attached hydrogens (tertiary/aromatic N) is 3. The van der Waals surface area contributed by atoms with Gasteiger partial charge in [0.2, 0.25) is 8.32 Å². The molecular weight excluding hydrogens is 254 g/mol. The van der Waals surface area contributed by atoms with Crippen LogP contribution in [0.3, 0.4) is 0 Å². The smallest absolute Gasteiger partial charge is 0.242 e. The molecule has 0 aliphatic heterocycles. The fraction of sp³-hybridized carbons (Fsp3) is 0.286. The monoisotopic (exact) mass is 273 g/mol. The van der Waals surface area contributed by atoms with E-state index in [9.17, 15) is 0 Å². The SMILES string of the molecule is Cn1ccnc1/C=N/c1ccccc1O[Si](C)(C)C. The van der Waals surface area contributed by atoms with Crippen LogP contribution in [0.5, 0.6) is 5.75 Å². The number of hydrogen-bond acceptors (Lipinski definition) is 3. The van der Waals surface area contributed by atoms with Gasteiger partial charge in [0, 0.05) is 19.4 Å². The van der Waals surface area contributed by atoms with Gasteiger partial charge in [-0.25, -0.2) is 9.98 Å². The summed E-state index contributed by atoms with van der Waals surface area (Å²) in [5.74, 6) is 1.66. The van der Waals surface area contributed by atoms with Crippen LogP contribution in [0.15, 0.2) is 41.7 Å². The molecule has 0 saturated carbocycles. The van der Waals surface area contributed by atoms with Gasteiger partial charge in [-0.05, 0) is 31.8 Å². The lowest BCUT2D eigenvalue weighted by Crippen LogP contribution is -2.29. The number of para-hydroxylation sites is 2. The maximum Gasteiger partial charge on any atom is 0.242 e. The predicted octanol–water partition coefficient (Wildman–Crippen LogP) is 3.38. The van der Waals surface area contributed by atoms with Crippen molar-refractivity contribution in [2.75, 3.05) is 0 Å². The molecule has 0 amide bonds. The standard InChI is InChI=1S/C14H19N3OSi/c1-17-10-9-15-14(17)11-16-12-7-5-6-8-13(12)18-19(2,3)4/h5-11H,1-4H3/b16-11+. The highest BCUT2D eigenvalue weighted by Crippen LogP contribution is 2.29. The molecule has 5 heteroatoms. The Labute approximate surface area is 114 Å². The lowest BCUT2D eigenvalue weighted by atomic mass is 10.3. The van der Waals surface area contributed by atoms with Crippen LogP contribution in [-0.2, 0) is 7.05 Å². The third-order valence-corrected chi connectivity index (χ3v) is 3.29. The van der Waals surface area contributed by atoms with Crippen LogP contribution in [0.1, 0.15) is 5.82 Å². The first-order valence-corrected chi connectivity index (χ1v) is 9.66. The van der Waals surface area contributed by atoms with E-state index in [0.29, 0.717) is 0 Å². The summed E-state index contributed by atoms with van der Waals surface area (Å²) in [4.78, 5) is 8.70. The number of benzene rings is 1. The summed E-state index contributed by atoms with van der Waals surface area (Å²) >= 11 is 0. The molecule has 1 aromatic heterocycles. The Kier molecular flexibility index (Phi) is 3.85. The highest BCUT2D eigenvalue weighted by Gasteiger charge is 2.17. The average molecular weight is 273 g/mol. The van der Waals surface area contributed by atoms with Crippen LogP contribution in [0, 0.1) is 0 Å². The summed E-state index contributed by atoms with van der Waals surface area (Å²) in [5.41, 5.74) is 0.841. The number of aryl methyl sites for hydroxylation is 1. The Hall–Kier alpha value is -1.88. The van der Waals surface area contributed by atoms with Crippen molar-refractivity contribution >= 4 is 20.2 Å². The van der Waals surface area contributed by atoms with Crippen LogP contribution >= 0.6 is 0 Å². The van der Waals surface area contributed by atoms with Crippen molar-refractivity contribution in [3.8, 4) is 5.75 Å². The molecular formula is C14H19N3OSi. The molecule has 1 heterocycles. The Bertz CT molecular complexity index is 584. The fourth-order valence-electron chi connectivity index (χ4n) is 1.61. The summed E-state index contributed by atoms with van der Waals surface area (Å²) in [6.07, 6.45) is 5.41. The molecule has 4 nitrogen and oxygen atoms in total. The van der Waals surface area contributed by atoms with Crippen molar-refractivity contribution in [3.63, 3.8) is 0 Å². The molecule has 0 radical (unpaired) electrons. The van der Waals surface area contributed by atoms with Gasteiger partial charge in [0.1, 0.15) is 11.4 Å². The Morgan fingerprint density at radius 3 is 2.63 bits per heavy atom. The van der Waals surface area contributed by atoms with Gasteiger partial charge in [-0.15, -0.1) is 0 Å². The lowest BCUT2D eigenvalue weighted by Gasteiger charge is -2.20. The lowest BCUT2D eigenvalue weighted by molar-refractivity contribution is 0.559. The first-order valence-electron chi connectivity index (χ1n) is 6.25. The van der Waals surface area contributed by atoms with E-state index in [2.05, 4.69) is 29.6 Å². The van der Waals surface area contributed by atoms with Gasteiger partial charge >= 0.3 is 0 Å². The quantitative estimate of drug-likeness (QED) is 0.633. The van der Waals surface area contributed by atoms with Crippen molar-refractivity contribution < 1.29 is 4.43 Å². The van der Waals surface area contributed by atoms with E-state index in [4.69, 9.17) is 4.43 Å². The van der Waals surface area contributed by atoms with Crippen LogP contribution in [0.25, 0.3) is 0 Å². The summed E-state index contributed by atoms with van der Waals surface area (Å²) in [5, 5.41) is 0. The van der Waals surface area contributed by atoms with E-state index in [-0.39, 0.29) is 0 Å². The summed E-state index contributed by atoms with van der Waals surface area (Å²) in [6, 6.07) is 7.84. The van der Waals surface area contributed by atoms with Crippen molar-refractivity contribution in [3.05, 3.63) is 42.5 Å². The molecule has 0 aliphatic rings. The molecule has 0 unspecified atom stereocenters. The number of hydrogen-bond donors (Lipinski definition) is 0. The molecule has 0 bridgehead atoms. The molecule has 2 rings (SSSR count). The normalized spacial score (nSPS) is 12.0. The second-order valence-electron chi connectivity index (χ2n) is 5.34. The molecule has 100 valence electrons. The molecule has 0 saturated heterocycles. The van der Waals surface area contributed by atoms with Crippen molar-refractivity contribution in [2.45, 2.75) is 19.6 Å². The van der Waals surface area contributed by atoms with Crippen LogP contribution in [0.2, 0.25) is 19.6 Å². The van der Waals surface area contributed by atoms with Gasteiger partial charge in [-0.2, -0.15) is 0 Å². The first kappa shape index (κ1) is 13.5. The largest absolute Gasteiger partial charge is 0.543 e. The van der Waals surface area contributed by atoms with E-state index in [0.717, 1.165) is 17.3 Å². The van der Waals surface area contributed by atoms with Crippen molar-refractivity contribution in [2.24, 2.45) is 12.0 Å². The highest BCUT2D eigenvalue weighted by molar-refractivity contribution is 6.70. The second kappa shape index (κ2) is 5.40. The van der Waals surface area contributed by atoms with Crippen molar-refractivity contribution in [1.82, 2.24) is 9.55 Å². The summed E-state index contributed by atoms with van der Waals surface area (Å²) in [7, 11) is 0.313. The van der Waals surface area contributed by atoms with E-state index in [1.54, 1.807) is 12.4 Å². The van der Waals surface area contributed by atoms with Crippen LogP contribution in [0.4, 0.5) is 5.69 Å². The highest BCUT2D eigenvalue weighted by atomic mass is 28.4. The number of aromatic nitrogens is 2. The number of imidazole rings is 1. The van der Waals surface area contributed by atoms with Gasteiger partial charge in [-0.1, -0.05) is 12.1 Å². The molecule has 0 N–H and O–H groups in total. The third-order valence-electron chi connectivity index (χ3n) is 2.46. The average Bonchev–Trinajstić information content (AvgIpc) is 2.72. The van der Waals surface area contributed by atoms with Crippen LogP contribution < -0.4 is 4.43 Å².